The lowest BCUT2D eigenvalue weighted by molar-refractivity contribution is 0.0731. The second kappa shape index (κ2) is 7.58. The zero-order valence-electron chi connectivity index (χ0n) is 15.4. The summed E-state index contributed by atoms with van der Waals surface area (Å²) < 4.78 is 1.81. The number of nitrogens with one attached hydrogen (secondary N) is 1. The van der Waals surface area contributed by atoms with Crippen LogP contribution in [0.3, 0.4) is 0 Å². The summed E-state index contributed by atoms with van der Waals surface area (Å²) in [6.45, 7) is 1.91. The van der Waals surface area contributed by atoms with E-state index in [9.17, 15) is 4.79 Å². The first kappa shape index (κ1) is 17.2. The normalized spacial score (nSPS) is 20.1. The van der Waals surface area contributed by atoms with Gasteiger partial charge < -0.3 is 10.2 Å². The predicted octanol–water partition coefficient (Wildman–Crippen LogP) is 2.05. The summed E-state index contributed by atoms with van der Waals surface area (Å²) in [5.41, 5.74) is 3.14. The minimum atomic E-state index is -0.0372. The number of rotatable bonds is 5. The average Bonchev–Trinajstić information content (AvgIpc) is 3.33. The van der Waals surface area contributed by atoms with Gasteiger partial charge in [0, 0.05) is 25.7 Å². The van der Waals surface area contributed by atoms with Gasteiger partial charge >= 0.3 is 0 Å². The number of hydrogen-bond donors (Lipinski definition) is 1. The van der Waals surface area contributed by atoms with Gasteiger partial charge in [0.15, 0.2) is 5.69 Å². The molecule has 1 aliphatic carbocycles. The molecular weight excluding hydrogens is 326 g/mol. The maximum absolute atomic E-state index is 12.8. The summed E-state index contributed by atoms with van der Waals surface area (Å²) in [6.07, 6.45) is 8.46. The Kier molecular flexibility index (Phi) is 5.02. The Morgan fingerprint density at radius 3 is 2.73 bits per heavy atom. The molecule has 2 heterocycles. The van der Waals surface area contributed by atoms with Crippen molar-refractivity contribution in [3.8, 4) is 0 Å². The van der Waals surface area contributed by atoms with Crippen molar-refractivity contribution in [1.29, 1.82) is 0 Å². The molecule has 0 unspecified atom stereocenters. The van der Waals surface area contributed by atoms with Gasteiger partial charge in [-0.1, -0.05) is 35.9 Å². The molecule has 0 spiro atoms. The van der Waals surface area contributed by atoms with Crippen LogP contribution in [0.15, 0.2) is 30.5 Å². The van der Waals surface area contributed by atoms with E-state index in [4.69, 9.17) is 0 Å². The quantitative estimate of drug-likeness (QED) is 0.894. The topological polar surface area (TPSA) is 63.1 Å². The SMILES string of the molecule is CN(C(=O)c1cn(CC[C@H]2CCCCN2)nn1)C1Cc2ccccc2C1. The largest absolute Gasteiger partial charge is 0.337 e. The lowest BCUT2D eigenvalue weighted by Gasteiger charge is -2.23. The highest BCUT2D eigenvalue weighted by Gasteiger charge is 2.29. The van der Waals surface area contributed by atoms with Crippen LogP contribution in [0.1, 0.15) is 47.3 Å². The standard InChI is InChI=1S/C20H27N5O/c1-24(18-12-15-6-2-3-7-16(15)13-18)20(26)19-14-25(23-22-19)11-9-17-8-4-5-10-21-17/h2-3,6-7,14,17-18,21H,4-5,8-13H2,1H3/t17-/m1/s1. The van der Waals surface area contributed by atoms with Crippen LogP contribution in [0.4, 0.5) is 0 Å². The van der Waals surface area contributed by atoms with Crippen molar-refractivity contribution in [3.63, 3.8) is 0 Å². The van der Waals surface area contributed by atoms with Crippen molar-refractivity contribution in [2.75, 3.05) is 13.6 Å². The van der Waals surface area contributed by atoms with Gasteiger partial charge in [0.2, 0.25) is 0 Å². The Hall–Kier alpha value is -2.21. The number of nitrogens with zero attached hydrogens (tertiary/aromatic N) is 4. The first-order valence-corrected chi connectivity index (χ1v) is 9.68. The summed E-state index contributed by atoms with van der Waals surface area (Å²) >= 11 is 0. The number of piperidine rings is 1. The zero-order chi connectivity index (χ0) is 17.9. The fourth-order valence-electron chi connectivity index (χ4n) is 4.12. The summed E-state index contributed by atoms with van der Waals surface area (Å²) in [5, 5.41) is 11.8. The van der Waals surface area contributed by atoms with Gasteiger partial charge in [-0.05, 0) is 49.8 Å². The van der Waals surface area contributed by atoms with Crippen molar-refractivity contribution in [3.05, 3.63) is 47.3 Å². The number of carbonyl (C=O) groups is 1. The molecule has 138 valence electrons. The smallest absolute Gasteiger partial charge is 0.276 e. The number of aryl methyl sites for hydroxylation is 1. The molecule has 6 heteroatoms. The number of likely N-dealkylation sites (N-methyl/N-ethyl adjacent to an activating group) is 1. The molecule has 1 saturated heterocycles. The van der Waals surface area contributed by atoms with Crippen LogP contribution < -0.4 is 5.32 Å². The number of aromatic nitrogens is 3. The van der Waals surface area contributed by atoms with E-state index in [1.54, 1.807) is 10.9 Å². The molecule has 4 rings (SSSR count). The molecule has 6 nitrogen and oxygen atoms in total. The van der Waals surface area contributed by atoms with Crippen molar-refractivity contribution >= 4 is 5.91 Å². The summed E-state index contributed by atoms with van der Waals surface area (Å²) in [7, 11) is 1.88. The minimum Gasteiger partial charge on any atom is -0.337 e. The van der Waals surface area contributed by atoms with Crippen LogP contribution in [0.25, 0.3) is 0 Å². The van der Waals surface area contributed by atoms with Gasteiger partial charge in [-0.3, -0.25) is 9.48 Å². The highest BCUT2D eigenvalue weighted by atomic mass is 16.2. The molecule has 0 radical (unpaired) electrons. The van der Waals surface area contributed by atoms with E-state index in [-0.39, 0.29) is 11.9 Å². The van der Waals surface area contributed by atoms with Crippen molar-refractivity contribution in [1.82, 2.24) is 25.2 Å². The lowest BCUT2D eigenvalue weighted by Crippen LogP contribution is -2.37. The Morgan fingerprint density at radius 1 is 1.27 bits per heavy atom. The van der Waals surface area contributed by atoms with Gasteiger partial charge in [-0.15, -0.1) is 5.10 Å². The lowest BCUT2D eigenvalue weighted by atomic mass is 10.0. The van der Waals surface area contributed by atoms with E-state index in [0.29, 0.717) is 11.7 Å². The molecule has 1 amide bonds. The second-order valence-corrected chi connectivity index (χ2v) is 7.55. The van der Waals surface area contributed by atoms with Gasteiger partial charge in [0.25, 0.3) is 5.91 Å². The van der Waals surface area contributed by atoms with Gasteiger partial charge in [0.1, 0.15) is 0 Å². The highest BCUT2D eigenvalue weighted by molar-refractivity contribution is 5.92. The monoisotopic (exact) mass is 353 g/mol. The number of carbonyl (C=O) groups excluding carboxylic acids is 1. The van der Waals surface area contributed by atoms with Crippen molar-refractivity contribution in [2.24, 2.45) is 0 Å². The number of hydrogen-bond acceptors (Lipinski definition) is 4. The Morgan fingerprint density at radius 2 is 2.04 bits per heavy atom. The molecule has 0 bridgehead atoms. The summed E-state index contributed by atoms with van der Waals surface area (Å²) in [5.74, 6) is -0.0372. The minimum absolute atomic E-state index is 0.0372. The van der Waals surface area contributed by atoms with E-state index in [1.165, 1.54) is 30.4 Å². The van der Waals surface area contributed by atoms with Crippen molar-refractivity contribution < 1.29 is 4.79 Å². The molecule has 0 saturated carbocycles. The molecule has 26 heavy (non-hydrogen) atoms. The van der Waals surface area contributed by atoms with Crippen LogP contribution in [0.2, 0.25) is 0 Å². The first-order chi connectivity index (χ1) is 12.7. The molecule has 1 atom stereocenters. The van der Waals surface area contributed by atoms with Crippen LogP contribution in [0, 0.1) is 0 Å². The van der Waals surface area contributed by atoms with Crippen molar-refractivity contribution in [2.45, 2.75) is 57.2 Å². The molecule has 1 aliphatic heterocycles. The average molecular weight is 353 g/mol. The molecule has 1 fully saturated rings. The molecule has 2 aromatic rings. The molecule has 2 aliphatic rings. The maximum atomic E-state index is 12.8. The first-order valence-electron chi connectivity index (χ1n) is 9.68. The van der Waals surface area contributed by atoms with Crippen LogP contribution >= 0.6 is 0 Å². The highest BCUT2D eigenvalue weighted by Crippen LogP contribution is 2.25. The maximum Gasteiger partial charge on any atom is 0.276 e. The van der Waals surface area contributed by atoms with Gasteiger partial charge in [-0.25, -0.2) is 0 Å². The fourth-order valence-corrected chi connectivity index (χ4v) is 4.12. The third-order valence-electron chi connectivity index (χ3n) is 5.77. The molecule has 1 aromatic carbocycles. The predicted molar refractivity (Wildman–Crippen MR) is 100 cm³/mol. The Bertz CT molecular complexity index is 740. The van der Waals surface area contributed by atoms with E-state index < -0.39 is 0 Å². The van der Waals surface area contributed by atoms with Gasteiger partial charge in [0.05, 0.1) is 6.20 Å². The van der Waals surface area contributed by atoms with E-state index in [1.807, 2.05) is 11.9 Å². The van der Waals surface area contributed by atoms with Crippen LogP contribution in [0.5, 0.6) is 0 Å². The summed E-state index contributed by atoms with van der Waals surface area (Å²) in [6, 6.07) is 9.21. The number of benzene rings is 1. The third kappa shape index (κ3) is 3.65. The van der Waals surface area contributed by atoms with Crippen LogP contribution in [-0.2, 0) is 19.4 Å². The Labute approximate surface area is 154 Å². The van der Waals surface area contributed by atoms with E-state index in [2.05, 4.69) is 39.9 Å². The van der Waals surface area contributed by atoms with E-state index >= 15 is 0 Å². The molecular formula is C20H27N5O. The third-order valence-corrected chi connectivity index (χ3v) is 5.77. The number of fused-ring (bicyclic) bond motifs is 1. The Balaban J connectivity index is 1.34. The fraction of sp³-hybridized carbons (Fsp3) is 0.550. The number of amides is 1. The summed E-state index contributed by atoms with van der Waals surface area (Å²) in [4.78, 5) is 14.6. The molecule has 1 aromatic heterocycles. The van der Waals surface area contributed by atoms with Gasteiger partial charge in [-0.2, -0.15) is 0 Å². The van der Waals surface area contributed by atoms with E-state index in [0.717, 1.165) is 32.4 Å². The van der Waals surface area contributed by atoms with Crippen LogP contribution in [-0.4, -0.2) is 51.5 Å². The molecule has 1 N–H and O–H groups in total. The second-order valence-electron chi connectivity index (χ2n) is 7.55. The zero-order valence-corrected chi connectivity index (χ0v) is 15.4.